The highest BCUT2D eigenvalue weighted by molar-refractivity contribution is 5.70. The Labute approximate surface area is 135 Å². The summed E-state index contributed by atoms with van der Waals surface area (Å²) in [4.78, 5) is 5.62. The van der Waals surface area contributed by atoms with Gasteiger partial charge in [-0.2, -0.15) is 5.26 Å². The number of benzene rings is 1. The zero-order chi connectivity index (χ0) is 16.1. The van der Waals surface area contributed by atoms with Crippen LogP contribution in [0.5, 0.6) is 5.75 Å². The van der Waals surface area contributed by atoms with Gasteiger partial charge in [-0.15, -0.1) is 0 Å². The van der Waals surface area contributed by atoms with E-state index in [1.165, 1.54) is 6.42 Å². The standard InChI is InChI=1S/C18H20FN3O/c19-7-10-23-16-6-4-5-14(11-16)17-12-15(13-20)18(21-17)22-8-2-1-3-9-22/h4-6,11-12,21H,1-3,7-10H2. The lowest BCUT2D eigenvalue weighted by atomic mass is 10.1. The Morgan fingerprint density at radius 2 is 2.04 bits per heavy atom. The number of aromatic nitrogens is 1. The van der Waals surface area contributed by atoms with Gasteiger partial charge in [-0.25, -0.2) is 4.39 Å². The lowest BCUT2D eigenvalue weighted by Crippen LogP contribution is -2.30. The van der Waals surface area contributed by atoms with E-state index in [9.17, 15) is 9.65 Å². The quantitative estimate of drug-likeness (QED) is 0.911. The van der Waals surface area contributed by atoms with Gasteiger partial charge in [0.1, 0.15) is 30.9 Å². The van der Waals surface area contributed by atoms with Crippen molar-refractivity contribution in [2.24, 2.45) is 0 Å². The average molecular weight is 313 g/mol. The SMILES string of the molecule is N#Cc1cc(-c2cccc(OCCF)c2)[nH]c1N1CCCCC1. The molecule has 0 atom stereocenters. The van der Waals surface area contributed by atoms with Crippen LogP contribution in [0.4, 0.5) is 10.2 Å². The second-order valence-corrected chi connectivity index (χ2v) is 5.67. The molecule has 0 bridgehead atoms. The molecular formula is C18H20FN3O. The Hall–Kier alpha value is -2.48. The summed E-state index contributed by atoms with van der Waals surface area (Å²) in [7, 11) is 0. The highest BCUT2D eigenvalue weighted by atomic mass is 19.1. The summed E-state index contributed by atoms with van der Waals surface area (Å²) in [6.07, 6.45) is 3.57. The van der Waals surface area contributed by atoms with Crippen molar-refractivity contribution >= 4 is 5.82 Å². The zero-order valence-electron chi connectivity index (χ0n) is 13.0. The van der Waals surface area contributed by atoms with Crippen molar-refractivity contribution in [1.82, 2.24) is 4.98 Å². The van der Waals surface area contributed by atoms with E-state index in [1.54, 1.807) is 6.07 Å². The van der Waals surface area contributed by atoms with Crippen LogP contribution < -0.4 is 9.64 Å². The Kier molecular flexibility index (Phi) is 4.82. The van der Waals surface area contributed by atoms with Crippen molar-refractivity contribution in [3.63, 3.8) is 0 Å². The summed E-state index contributed by atoms with van der Waals surface area (Å²) in [5.41, 5.74) is 2.48. The first-order chi connectivity index (χ1) is 11.3. The van der Waals surface area contributed by atoms with Crippen LogP contribution in [0.2, 0.25) is 0 Å². The molecule has 1 aliphatic heterocycles. The molecule has 1 aromatic heterocycles. The maximum atomic E-state index is 12.2. The third kappa shape index (κ3) is 3.48. The number of halogens is 1. The van der Waals surface area contributed by atoms with E-state index in [2.05, 4.69) is 16.0 Å². The van der Waals surface area contributed by atoms with Gasteiger partial charge in [0.05, 0.1) is 5.56 Å². The van der Waals surface area contributed by atoms with Crippen LogP contribution >= 0.6 is 0 Å². The van der Waals surface area contributed by atoms with Gasteiger partial charge in [0.15, 0.2) is 0 Å². The number of aromatic amines is 1. The third-order valence-corrected chi connectivity index (χ3v) is 4.08. The molecule has 23 heavy (non-hydrogen) atoms. The molecule has 5 heteroatoms. The minimum absolute atomic E-state index is 0.0522. The van der Waals surface area contributed by atoms with Gasteiger partial charge in [-0.3, -0.25) is 0 Å². The first kappa shape index (κ1) is 15.4. The van der Waals surface area contributed by atoms with Gasteiger partial charge in [0, 0.05) is 24.3 Å². The van der Waals surface area contributed by atoms with Crippen molar-refractivity contribution < 1.29 is 9.13 Å². The van der Waals surface area contributed by atoms with Crippen LogP contribution in [0.1, 0.15) is 24.8 Å². The van der Waals surface area contributed by atoms with Crippen LogP contribution in [0.15, 0.2) is 30.3 Å². The maximum Gasteiger partial charge on any atom is 0.124 e. The van der Waals surface area contributed by atoms with Gasteiger partial charge in [-0.1, -0.05) is 12.1 Å². The molecule has 1 aromatic carbocycles. The predicted octanol–water partition coefficient (Wildman–Crippen LogP) is 3.89. The lowest BCUT2D eigenvalue weighted by Gasteiger charge is -2.27. The number of nitriles is 1. The number of rotatable bonds is 5. The van der Waals surface area contributed by atoms with E-state index in [0.29, 0.717) is 11.3 Å². The fourth-order valence-electron chi connectivity index (χ4n) is 2.96. The molecule has 1 aliphatic rings. The molecule has 1 N–H and O–H groups in total. The van der Waals surface area contributed by atoms with Crippen molar-refractivity contribution in [1.29, 1.82) is 5.26 Å². The molecule has 3 rings (SSSR count). The van der Waals surface area contributed by atoms with E-state index in [1.807, 2.05) is 24.3 Å². The number of H-pyrrole nitrogens is 1. The van der Waals surface area contributed by atoms with E-state index >= 15 is 0 Å². The summed E-state index contributed by atoms with van der Waals surface area (Å²) in [5.74, 6) is 1.53. The van der Waals surface area contributed by atoms with Crippen LogP contribution in [-0.4, -0.2) is 31.4 Å². The molecule has 0 radical (unpaired) electrons. The summed E-state index contributed by atoms with van der Waals surface area (Å²) < 4.78 is 17.6. The number of alkyl halides is 1. The Morgan fingerprint density at radius 1 is 1.22 bits per heavy atom. The lowest BCUT2D eigenvalue weighted by molar-refractivity contribution is 0.273. The van der Waals surface area contributed by atoms with E-state index in [0.717, 1.165) is 43.0 Å². The zero-order valence-corrected chi connectivity index (χ0v) is 13.0. The highest BCUT2D eigenvalue weighted by Crippen LogP contribution is 2.30. The Morgan fingerprint density at radius 3 is 2.78 bits per heavy atom. The van der Waals surface area contributed by atoms with Crippen molar-refractivity contribution in [2.45, 2.75) is 19.3 Å². The van der Waals surface area contributed by atoms with Crippen LogP contribution in [0.25, 0.3) is 11.3 Å². The molecular weight excluding hydrogens is 293 g/mol. The van der Waals surface area contributed by atoms with Gasteiger partial charge >= 0.3 is 0 Å². The second kappa shape index (κ2) is 7.19. The number of hydrogen-bond acceptors (Lipinski definition) is 3. The fraction of sp³-hybridized carbons (Fsp3) is 0.389. The first-order valence-electron chi connectivity index (χ1n) is 7.99. The van der Waals surface area contributed by atoms with E-state index < -0.39 is 6.67 Å². The van der Waals surface area contributed by atoms with Gasteiger partial charge < -0.3 is 14.6 Å². The number of nitrogens with one attached hydrogen (secondary N) is 1. The van der Waals surface area contributed by atoms with Crippen LogP contribution in [-0.2, 0) is 0 Å². The van der Waals surface area contributed by atoms with Gasteiger partial charge in [0.2, 0.25) is 0 Å². The average Bonchev–Trinajstić information content (AvgIpc) is 3.05. The largest absolute Gasteiger partial charge is 0.491 e. The Bertz CT molecular complexity index is 699. The molecule has 0 aliphatic carbocycles. The number of piperidine rings is 1. The summed E-state index contributed by atoms with van der Waals surface area (Å²) in [6.45, 7) is 1.50. The molecule has 0 spiro atoms. The smallest absolute Gasteiger partial charge is 0.124 e. The van der Waals surface area contributed by atoms with Gasteiger partial charge in [-0.05, 0) is 37.5 Å². The van der Waals surface area contributed by atoms with Crippen molar-refractivity contribution in [2.75, 3.05) is 31.3 Å². The molecule has 0 unspecified atom stereocenters. The molecule has 2 heterocycles. The summed E-state index contributed by atoms with van der Waals surface area (Å²) in [6, 6.07) is 11.6. The molecule has 1 saturated heterocycles. The predicted molar refractivity (Wildman–Crippen MR) is 88.5 cm³/mol. The molecule has 1 fully saturated rings. The van der Waals surface area contributed by atoms with Gasteiger partial charge in [0.25, 0.3) is 0 Å². The minimum Gasteiger partial charge on any atom is -0.491 e. The molecule has 4 nitrogen and oxygen atoms in total. The van der Waals surface area contributed by atoms with Crippen molar-refractivity contribution in [3.8, 4) is 23.1 Å². The summed E-state index contributed by atoms with van der Waals surface area (Å²) >= 11 is 0. The highest BCUT2D eigenvalue weighted by Gasteiger charge is 2.18. The molecule has 120 valence electrons. The van der Waals surface area contributed by atoms with Crippen LogP contribution in [0.3, 0.4) is 0 Å². The topological polar surface area (TPSA) is 52.0 Å². The fourth-order valence-corrected chi connectivity index (χ4v) is 2.96. The first-order valence-corrected chi connectivity index (χ1v) is 7.99. The maximum absolute atomic E-state index is 12.2. The van der Waals surface area contributed by atoms with E-state index in [4.69, 9.17) is 4.74 Å². The number of ether oxygens (including phenoxy) is 1. The number of nitrogens with zero attached hydrogens (tertiary/aromatic N) is 2. The third-order valence-electron chi connectivity index (χ3n) is 4.08. The monoisotopic (exact) mass is 313 g/mol. The number of anilines is 1. The van der Waals surface area contributed by atoms with Crippen molar-refractivity contribution in [3.05, 3.63) is 35.9 Å². The molecule has 2 aromatic rings. The number of hydrogen-bond donors (Lipinski definition) is 1. The molecule has 0 saturated carbocycles. The minimum atomic E-state index is -0.510. The Balaban J connectivity index is 1.88. The normalized spacial score (nSPS) is 14.5. The second-order valence-electron chi connectivity index (χ2n) is 5.67. The van der Waals surface area contributed by atoms with Crippen LogP contribution in [0, 0.1) is 11.3 Å². The molecule has 0 amide bonds. The van der Waals surface area contributed by atoms with E-state index in [-0.39, 0.29) is 6.61 Å². The summed E-state index contributed by atoms with van der Waals surface area (Å²) in [5, 5.41) is 9.42.